The predicted octanol–water partition coefficient (Wildman–Crippen LogP) is 2.25. The van der Waals surface area contributed by atoms with Gasteiger partial charge in [0, 0.05) is 37.2 Å². The Bertz CT molecular complexity index is 494. The summed E-state index contributed by atoms with van der Waals surface area (Å²) in [6.45, 7) is 8.55. The summed E-state index contributed by atoms with van der Waals surface area (Å²) in [4.78, 5) is 4.24. The van der Waals surface area contributed by atoms with Gasteiger partial charge in [0.1, 0.15) is 0 Å². The van der Waals surface area contributed by atoms with Gasteiger partial charge in [-0.3, -0.25) is 9.25 Å². The molecule has 5 nitrogen and oxygen atoms in total. The van der Waals surface area contributed by atoms with Crippen LogP contribution in [0.4, 0.5) is 5.95 Å². The van der Waals surface area contributed by atoms with Gasteiger partial charge in [0.2, 0.25) is 5.95 Å². The van der Waals surface area contributed by atoms with Crippen LogP contribution in [0.3, 0.4) is 0 Å². The van der Waals surface area contributed by atoms with Crippen LogP contribution in [0.1, 0.15) is 19.9 Å². The number of imidazole rings is 1. The van der Waals surface area contributed by atoms with E-state index in [0.29, 0.717) is 12.6 Å². The Balaban J connectivity index is 2.26. The molecule has 0 fully saturated rings. The van der Waals surface area contributed by atoms with Crippen LogP contribution < -0.4 is 5.32 Å². The molecule has 0 spiro atoms. The highest BCUT2D eigenvalue weighted by Gasteiger charge is 2.07. The van der Waals surface area contributed by atoms with E-state index in [1.807, 2.05) is 27.7 Å². The topological polar surface area (TPSA) is 47.7 Å². The molecule has 0 aromatic carbocycles. The zero-order chi connectivity index (χ0) is 12.3. The highest BCUT2D eigenvalue weighted by molar-refractivity contribution is 5.37. The summed E-state index contributed by atoms with van der Waals surface area (Å²) in [7, 11) is 0. The van der Waals surface area contributed by atoms with E-state index in [0.717, 1.165) is 11.8 Å². The molecule has 0 bridgehead atoms. The number of hydrogen-bond donors (Lipinski definition) is 1. The van der Waals surface area contributed by atoms with Crippen molar-refractivity contribution in [3.05, 3.63) is 37.3 Å². The molecule has 0 aliphatic heterocycles. The molecule has 0 saturated heterocycles. The molecule has 5 heteroatoms. The number of nitrogens with one attached hydrogen (secondary N) is 1. The van der Waals surface area contributed by atoms with E-state index in [4.69, 9.17) is 0 Å². The van der Waals surface area contributed by atoms with Crippen molar-refractivity contribution in [3.8, 4) is 5.82 Å². The fraction of sp³-hybridized carbons (Fsp3) is 0.333. The minimum Gasteiger partial charge on any atom is -0.352 e. The van der Waals surface area contributed by atoms with Crippen molar-refractivity contribution in [2.24, 2.45) is 0 Å². The first-order valence-electron chi connectivity index (χ1n) is 5.66. The second kappa shape index (κ2) is 4.86. The van der Waals surface area contributed by atoms with Gasteiger partial charge in [0.05, 0.1) is 0 Å². The Labute approximate surface area is 101 Å². The predicted molar refractivity (Wildman–Crippen MR) is 68.4 cm³/mol. The first-order valence-corrected chi connectivity index (χ1v) is 5.66. The highest BCUT2D eigenvalue weighted by Crippen LogP contribution is 2.13. The second-order valence-corrected chi connectivity index (χ2v) is 4.04. The fourth-order valence-electron chi connectivity index (χ4n) is 1.53. The summed E-state index contributed by atoms with van der Waals surface area (Å²) < 4.78 is 3.84. The molecule has 2 aromatic rings. The van der Waals surface area contributed by atoms with Gasteiger partial charge in [-0.1, -0.05) is 6.08 Å². The van der Waals surface area contributed by atoms with Gasteiger partial charge < -0.3 is 5.32 Å². The van der Waals surface area contributed by atoms with E-state index < -0.39 is 0 Å². The second-order valence-electron chi connectivity index (χ2n) is 4.04. The number of aromatic nitrogens is 4. The van der Waals surface area contributed by atoms with Crippen LogP contribution >= 0.6 is 0 Å². The maximum absolute atomic E-state index is 4.49. The van der Waals surface area contributed by atoms with Crippen molar-refractivity contribution >= 4 is 5.95 Å². The lowest BCUT2D eigenvalue weighted by molar-refractivity contribution is 0.530. The van der Waals surface area contributed by atoms with Crippen LogP contribution in [-0.4, -0.2) is 25.9 Å². The van der Waals surface area contributed by atoms with Crippen LogP contribution in [0.2, 0.25) is 0 Å². The highest BCUT2D eigenvalue weighted by atomic mass is 15.3. The summed E-state index contributed by atoms with van der Waals surface area (Å²) in [5.74, 6) is 1.64. The van der Waals surface area contributed by atoms with E-state index in [1.165, 1.54) is 0 Å². The third-order valence-corrected chi connectivity index (χ3v) is 2.42. The SMILES string of the molecule is C=CCNc1nccn1-c1ccn(C(C)C)n1. The molecule has 0 unspecified atom stereocenters. The summed E-state index contributed by atoms with van der Waals surface area (Å²) in [6.07, 6.45) is 7.40. The minimum absolute atomic E-state index is 0.358. The lowest BCUT2D eigenvalue weighted by Crippen LogP contribution is -2.07. The van der Waals surface area contributed by atoms with Gasteiger partial charge in [0.15, 0.2) is 5.82 Å². The molecule has 0 radical (unpaired) electrons. The molecule has 2 aromatic heterocycles. The van der Waals surface area contributed by atoms with Crippen molar-refractivity contribution in [2.45, 2.75) is 19.9 Å². The largest absolute Gasteiger partial charge is 0.352 e. The Morgan fingerprint density at radius 1 is 1.47 bits per heavy atom. The Morgan fingerprint density at radius 3 is 2.94 bits per heavy atom. The van der Waals surface area contributed by atoms with Crippen molar-refractivity contribution in [3.63, 3.8) is 0 Å². The van der Waals surface area contributed by atoms with E-state index in [-0.39, 0.29) is 0 Å². The normalized spacial score (nSPS) is 10.8. The number of rotatable bonds is 5. The van der Waals surface area contributed by atoms with Crippen molar-refractivity contribution in [2.75, 3.05) is 11.9 Å². The van der Waals surface area contributed by atoms with E-state index >= 15 is 0 Å². The van der Waals surface area contributed by atoms with Crippen LogP contribution in [-0.2, 0) is 0 Å². The first-order chi connectivity index (χ1) is 8.22. The molecule has 17 heavy (non-hydrogen) atoms. The van der Waals surface area contributed by atoms with Gasteiger partial charge in [-0.05, 0) is 13.8 Å². The number of hydrogen-bond acceptors (Lipinski definition) is 3. The lowest BCUT2D eigenvalue weighted by Gasteiger charge is -2.06. The molecule has 0 atom stereocenters. The first kappa shape index (κ1) is 11.4. The summed E-state index contributed by atoms with van der Waals surface area (Å²) in [5.41, 5.74) is 0. The Hall–Kier alpha value is -2.04. The standard InChI is InChI=1S/C12H17N5/c1-4-6-13-12-14-7-9-16(12)11-5-8-17(15-11)10(2)3/h4-5,7-10H,1,6H2,2-3H3,(H,13,14). The quantitative estimate of drug-likeness (QED) is 0.803. The van der Waals surface area contributed by atoms with Gasteiger partial charge in [-0.2, -0.15) is 5.10 Å². The third-order valence-electron chi connectivity index (χ3n) is 2.42. The van der Waals surface area contributed by atoms with Crippen LogP contribution in [0.25, 0.3) is 5.82 Å². The molecular formula is C12H17N5. The molecule has 0 aliphatic rings. The van der Waals surface area contributed by atoms with Crippen LogP contribution in [0, 0.1) is 0 Å². The summed E-state index contributed by atoms with van der Waals surface area (Å²) >= 11 is 0. The van der Waals surface area contributed by atoms with Crippen molar-refractivity contribution in [1.29, 1.82) is 0 Å². The molecular weight excluding hydrogens is 214 g/mol. The molecule has 1 N–H and O–H groups in total. The minimum atomic E-state index is 0.358. The zero-order valence-electron chi connectivity index (χ0n) is 10.2. The maximum Gasteiger partial charge on any atom is 0.208 e. The zero-order valence-corrected chi connectivity index (χ0v) is 10.2. The molecule has 0 saturated carbocycles. The molecule has 90 valence electrons. The number of anilines is 1. The maximum atomic E-state index is 4.49. The van der Waals surface area contributed by atoms with E-state index in [2.05, 4.69) is 35.8 Å². The lowest BCUT2D eigenvalue weighted by atomic mass is 10.4. The molecule has 0 amide bonds. The summed E-state index contributed by atoms with van der Waals surface area (Å²) in [5, 5.41) is 7.66. The Kier molecular flexibility index (Phi) is 3.27. The number of nitrogens with zero attached hydrogens (tertiary/aromatic N) is 4. The van der Waals surface area contributed by atoms with E-state index in [9.17, 15) is 0 Å². The Morgan fingerprint density at radius 2 is 2.29 bits per heavy atom. The summed E-state index contributed by atoms with van der Waals surface area (Å²) in [6, 6.07) is 2.33. The smallest absolute Gasteiger partial charge is 0.208 e. The average molecular weight is 231 g/mol. The van der Waals surface area contributed by atoms with Crippen molar-refractivity contribution < 1.29 is 0 Å². The van der Waals surface area contributed by atoms with Gasteiger partial charge in [-0.15, -0.1) is 6.58 Å². The van der Waals surface area contributed by atoms with Crippen molar-refractivity contribution in [1.82, 2.24) is 19.3 Å². The monoisotopic (exact) mass is 231 g/mol. The third kappa shape index (κ3) is 2.38. The van der Waals surface area contributed by atoms with Gasteiger partial charge >= 0.3 is 0 Å². The van der Waals surface area contributed by atoms with Crippen LogP contribution in [0.15, 0.2) is 37.3 Å². The van der Waals surface area contributed by atoms with Gasteiger partial charge in [-0.25, -0.2) is 4.98 Å². The van der Waals surface area contributed by atoms with E-state index in [1.54, 1.807) is 12.3 Å². The fourth-order valence-corrected chi connectivity index (χ4v) is 1.53. The molecule has 0 aliphatic carbocycles. The van der Waals surface area contributed by atoms with Crippen LogP contribution in [0.5, 0.6) is 0 Å². The average Bonchev–Trinajstić information content (AvgIpc) is 2.94. The van der Waals surface area contributed by atoms with Gasteiger partial charge in [0.25, 0.3) is 0 Å². The molecule has 2 rings (SSSR count). The molecule has 2 heterocycles.